The monoisotopic (exact) mass is 307 g/mol. The molecule has 0 bridgehead atoms. The van der Waals surface area contributed by atoms with Crippen LogP contribution in [0.2, 0.25) is 0 Å². The van der Waals surface area contributed by atoms with Crippen molar-refractivity contribution in [3.8, 4) is 5.75 Å². The molecule has 0 aliphatic heterocycles. The molecule has 1 aromatic carbocycles. The molecular weight excluding hydrogens is 287 g/mol. The Morgan fingerprint density at radius 3 is 2.25 bits per heavy atom. The molecule has 20 heavy (non-hydrogen) atoms. The number of thioether (sulfide) groups is 1. The number of halogens is 3. The maximum absolute atomic E-state index is 12.0. The molecule has 1 N–H and O–H groups in total. The van der Waals surface area contributed by atoms with Crippen molar-refractivity contribution in [2.45, 2.75) is 37.9 Å². The molecule has 1 aromatic rings. The van der Waals surface area contributed by atoms with Crippen molar-refractivity contribution in [3.05, 3.63) is 29.8 Å². The molecule has 0 aliphatic rings. The number of hydrogen-bond acceptors (Lipinski definition) is 3. The highest BCUT2D eigenvalue weighted by Gasteiger charge is 2.30. The average molecular weight is 307 g/mol. The molecule has 0 fully saturated rings. The van der Waals surface area contributed by atoms with Crippen molar-refractivity contribution < 1.29 is 17.9 Å². The van der Waals surface area contributed by atoms with E-state index in [-0.39, 0.29) is 5.75 Å². The van der Waals surface area contributed by atoms with Crippen LogP contribution in [0.15, 0.2) is 24.3 Å². The number of hydrogen-bond donors (Lipinski definition) is 1. The number of likely N-dealkylation sites (N-methyl/N-ethyl adjacent to an activating group) is 1. The lowest BCUT2D eigenvalue weighted by Gasteiger charge is -2.17. The summed E-state index contributed by atoms with van der Waals surface area (Å²) in [5, 5.41) is 3.79. The van der Waals surface area contributed by atoms with Gasteiger partial charge in [0.15, 0.2) is 0 Å². The SMILES string of the molecule is CNC(CSC(C)C)Cc1ccc(OC(F)(F)F)cc1. The van der Waals surface area contributed by atoms with Gasteiger partial charge in [0.25, 0.3) is 0 Å². The van der Waals surface area contributed by atoms with Gasteiger partial charge in [0.1, 0.15) is 5.75 Å². The van der Waals surface area contributed by atoms with Crippen molar-refractivity contribution in [1.29, 1.82) is 0 Å². The molecular formula is C14H20F3NOS. The maximum atomic E-state index is 12.0. The van der Waals surface area contributed by atoms with E-state index in [0.717, 1.165) is 17.7 Å². The summed E-state index contributed by atoms with van der Waals surface area (Å²) in [4.78, 5) is 0. The first-order valence-electron chi connectivity index (χ1n) is 6.43. The van der Waals surface area contributed by atoms with Crippen LogP contribution >= 0.6 is 11.8 Å². The van der Waals surface area contributed by atoms with Crippen LogP contribution < -0.4 is 10.1 Å². The van der Waals surface area contributed by atoms with Crippen molar-refractivity contribution in [2.24, 2.45) is 0 Å². The van der Waals surface area contributed by atoms with Gasteiger partial charge in [0.05, 0.1) is 0 Å². The highest BCUT2D eigenvalue weighted by atomic mass is 32.2. The predicted octanol–water partition coefficient (Wildman–Crippen LogP) is 3.86. The van der Waals surface area contributed by atoms with Crippen LogP contribution in [0.4, 0.5) is 13.2 Å². The molecule has 0 aliphatic carbocycles. The molecule has 0 radical (unpaired) electrons. The number of nitrogens with one attached hydrogen (secondary N) is 1. The zero-order valence-electron chi connectivity index (χ0n) is 11.8. The van der Waals surface area contributed by atoms with Gasteiger partial charge in [-0.25, -0.2) is 0 Å². The molecule has 1 atom stereocenters. The van der Waals surface area contributed by atoms with E-state index in [2.05, 4.69) is 23.9 Å². The van der Waals surface area contributed by atoms with E-state index < -0.39 is 6.36 Å². The van der Waals surface area contributed by atoms with Gasteiger partial charge in [0.2, 0.25) is 0 Å². The molecule has 6 heteroatoms. The second-order valence-electron chi connectivity index (χ2n) is 4.76. The van der Waals surface area contributed by atoms with Crippen molar-refractivity contribution >= 4 is 11.8 Å². The summed E-state index contributed by atoms with van der Waals surface area (Å²) in [6.45, 7) is 4.28. The van der Waals surface area contributed by atoms with E-state index in [0.29, 0.717) is 11.3 Å². The minimum atomic E-state index is -4.64. The van der Waals surface area contributed by atoms with Crippen LogP contribution in [0.3, 0.4) is 0 Å². The Labute approximate surface area is 122 Å². The lowest BCUT2D eigenvalue weighted by Crippen LogP contribution is -2.30. The highest BCUT2D eigenvalue weighted by molar-refractivity contribution is 7.99. The largest absolute Gasteiger partial charge is 0.573 e. The molecule has 0 saturated carbocycles. The van der Waals surface area contributed by atoms with Gasteiger partial charge in [0, 0.05) is 11.8 Å². The summed E-state index contributed by atoms with van der Waals surface area (Å²) in [6, 6.07) is 6.35. The molecule has 1 rings (SSSR count). The molecule has 0 saturated heterocycles. The van der Waals surface area contributed by atoms with Crippen LogP contribution in [0.1, 0.15) is 19.4 Å². The normalized spacial score (nSPS) is 13.6. The maximum Gasteiger partial charge on any atom is 0.573 e. The average Bonchev–Trinajstić information content (AvgIpc) is 2.34. The van der Waals surface area contributed by atoms with Gasteiger partial charge in [-0.15, -0.1) is 13.2 Å². The van der Waals surface area contributed by atoms with Crippen LogP contribution in [0, 0.1) is 0 Å². The third kappa shape index (κ3) is 7.05. The standard InChI is InChI=1S/C14H20F3NOS/c1-10(2)20-9-12(18-3)8-11-4-6-13(7-5-11)19-14(15,16)17/h4-7,10,12,18H,8-9H2,1-3H3. The van der Waals surface area contributed by atoms with Crippen LogP contribution in [-0.4, -0.2) is 30.5 Å². The minimum Gasteiger partial charge on any atom is -0.406 e. The fourth-order valence-electron chi connectivity index (χ4n) is 1.66. The molecule has 0 heterocycles. The summed E-state index contributed by atoms with van der Waals surface area (Å²) >= 11 is 1.86. The lowest BCUT2D eigenvalue weighted by molar-refractivity contribution is -0.274. The quantitative estimate of drug-likeness (QED) is 0.826. The first-order valence-corrected chi connectivity index (χ1v) is 7.48. The molecule has 0 spiro atoms. The van der Waals surface area contributed by atoms with E-state index in [9.17, 15) is 13.2 Å². The summed E-state index contributed by atoms with van der Waals surface area (Å²) in [5.74, 6) is 0.786. The van der Waals surface area contributed by atoms with Crippen molar-refractivity contribution in [3.63, 3.8) is 0 Å². The van der Waals surface area contributed by atoms with Gasteiger partial charge in [-0.1, -0.05) is 26.0 Å². The third-order valence-corrected chi connectivity index (χ3v) is 3.94. The Morgan fingerprint density at radius 2 is 1.80 bits per heavy atom. The molecule has 2 nitrogen and oxygen atoms in total. The Morgan fingerprint density at radius 1 is 1.20 bits per heavy atom. The summed E-state index contributed by atoms with van der Waals surface area (Å²) in [7, 11) is 1.90. The van der Waals surface area contributed by atoms with Crippen LogP contribution in [0.5, 0.6) is 5.75 Å². The van der Waals surface area contributed by atoms with Gasteiger partial charge >= 0.3 is 6.36 Å². The number of benzene rings is 1. The predicted molar refractivity (Wildman–Crippen MR) is 77.3 cm³/mol. The molecule has 114 valence electrons. The van der Waals surface area contributed by atoms with E-state index in [1.54, 1.807) is 12.1 Å². The van der Waals surface area contributed by atoms with Gasteiger partial charge in [-0.05, 0) is 36.4 Å². The summed E-state index contributed by atoms with van der Waals surface area (Å²) in [6.07, 6.45) is -3.86. The molecule has 1 unspecified atom stereocenters. The first kappa shape index (κ1) is 17.2. The van der Waals surface area contributed by atoms with E-state index in [1.165, 1.54) is 12.1 Å². The Hall–Kier alpha value is -0.880. The lowest BCUT2D eigenvalue weighted by atomic mass is 10.1. The fraction of sp³-hybridized carbons (Fsp3) is 0.571. The van der Waals surface area contributed by atoms with Crippen molar-refractivity contribution in [1.82, 2.24) is 5.32 Å². The zero-order chi connectivity index (χ0) is 15.2. The number of alkyl halides is 3. The van der Waals surface area contributed by atoms with Gasteiger partial charge in [-0.2, -0.15) is 11.8 Å². The Bertz CT molecular complexity index is 392. The van der Waals surface area contributed by atoms with Crippen LogP contribution in [0.25, 0.3) is 0 Å². The zero-order valence-corrected chi connectivity index (χ0v) is 12.6. The third-order valence-electron chi connectivity index (χ3n) is 2.68. The molecule has 0 amide bonds. The Balaban J connectivity index is 2.55. The van der Waals surface area contributed by atoms with E-state index in [4.69, 9.17) is 0 Å². The summed E-state index contributed by atoms with van der Waals surface area (Å²) < 4.78 is 40.0. The highest BCUT2D eigenvalue weighted by Crippen LogP contribution is 2.23. The van der Waals surface area contributed by atoms with Gasteiger partial charge in [-0.3, -0.25) is 0 Å². The first-order chi connectivity index (χ1) is 9.30. The van der Waals surface area contributed by atoms with Crippen LogP contribution in [-0.2, 0) is 6.42 Å². The molecule has 0 aromatic heterocycles. The second-order valence-corrected chi connectivity index (χ2v) is 6.37. The topological polar surface area (TPSA) is 21.3 Å². The second kappa shape index (κ2) is 7.78. The Kier molecular flexibility index (Phi) is 6.68. The van der Waals surface area contributed by atoms with E-state index in [1.807, 2.05) is 18.8 Å². The van der Waals surface area contributed by atoms with Gasteiger partial charge < -0.3 is 10.1 Å². The number of ether oxygens (including phenoxy) is 1. The summed E-state index contributed by atoms with van der Waals surface area (Å²) in [5.41, 5.74) is 0.989. The smallest absolute Gasteiger partial charge is 0.406 e. The fourth-order valence-corrected chi connectivity index (χ4v) is 2.57. The van der Waals surface area contributed by atoms with E-state index >= 15 is 0 Å². The number of rotatable bonds is 7. The minimum absolute atomic E-state index is 0.182. The van der Waals surface area contributed by atoms with Crippen molar-refractivity contribution in [2.75, 3.05) is 12.8 Å².